The Labute approximate surface area is 161 Å². The van der Waals surface area contributed by atoms with Crippen LogP contribution in [-0.4, -0.2) is 23.3 Å². The van der Waals surface area contributed by atoms with Crippen molar-refractivity contribution in [3.05, 3.63) is 72.6 Å². The number of anilines is 1. The summed E-state index contributed by atoms with van der Waals surface area (Å²) in [5, 5.41) is 11.6. The smallest absolute Gasteiger partial charge is 0.319 e. The van der Waals surface area contributed by atoms with Crippen LogP contribution in [0.25, 0.3) is 22.2 Å². The van der Waals surface area contributed by atoms with Crippen molar-refractivity contribution in [2.24, 2.45) is 0 Å². The molecule has 1 heterocycles. The molecule has 0 unspecified atom stereocenters. The fourth-order valence-corrected chi connectivity index (χ4v) is 2.84. The van der Waals surface area contributed by atoms with Crippen LogP contribution in [0.15, 0.2) is 71.3 Å². The third kappa shape index (κ3) is 3.78. The van der Waals surface area contributed by atoms with Gasteiger partial charge in [-0.3, -0.25) is 0 Å². The lowest BCUT2D eigenvalue weighted by atomic mass is 10.1. The molecule has 1 aromatic heterocycles. The van der Waals surface area contributed by atoms with Gasteiger partial charge in [-0.1, -0.05) is 41.6 Å². The maximum absolute atomic E-state index is 12.3. The van der Waals surface area contributed by atoms with Crippen molar-refractivity contribution >= 4 is 22.5 Å². The fraction of sp³-hybridized carbons (Fsp3) is 0.0952. The van der Waals surface area contributed by atoms with Gasteiger partial charge in [-0.15, -0.1) is 0 Å². The molecule has 0 spiro atoms. The summed E-state index contributed by atoms with van der Waals surface area (Å²) in [5.41, 5.74) is 1.54. The molecule has 28 heavy (non-hydrogen) atoms. The molecule has 0 aliphatic carbocycles. The molecule has 7 nitrogen and oxygen atoms in total. The highest BCUT2D eigenvalue weighted by atomic mass is 16.5. The summed E-state index contributed by atoms with van der Waals surface area (Å²) in [6.07, 6.45) is 0. The first-order valence-corrected chi connectivity index (χ1v) is 8.72. The maximum atomic E-state index is 12.3. The summed E-state index contributed by atoms with van der Waals surface area (Å²) in [5.74, 6) is 1.52. The van der Waals surface area contributed by atoms with Gasteiger partial charge in [-0.2, -0.15) is 4.98 Å². The first-order chi connectivity index (χ1) is 13.7. The number of fused-ring (bicyclic) bond motifs is 1. The zero-order chi connectivity index (χ0) is 19.3. The SMILES string of the molecule is COc1ccc(-c2noc(CNC(=O)Nc3cccc4ccccc34)n2)cc1. The number of hydrogen-bond donors (Lipinski definition) is 2. The van der Waals surface area contributed by atoms with E-state index in [1.54, 1.807) is 7.11 Å². The maximum Gasteiger partial charge on any atom is 0.319 e. The number of aromatic nitrogens is 2. The predicted molar refractivity (Wildman–Crippen MR) is 106 cm³/mol. The number of nitrogens with zero attached hydrogens (tertiary/aromatic N) is 2. The topological polar surface area (TPSA) is 89.3 Å². The summed E-state index contributed by atoms with van der Waals surface area (Å²) in [6.45, 7) is 0.125. The molecular formula is C21H18N4O3. The third-order valence-corrected chi connectivity index (χ3v) is 4.25. The van der Waals surface area contributed by atoms with E-state index >= 15 is 0 Å². The van der Waals surface area contributed by atoms with E-state index in [-0.39, 0.29) is 12.6 Å². The van der Waals surface area contributed by atoms with Crippen molar-refractivity contribution in [2.75, 3.05) is 12.4 Å². The standard InChI is InChI=1S/C21H18N4O3/c1-27-16-11-9-15(10-12-16)20-24-19(28-25-20)13-22-21(26)23-18-8-4-6-14-5-2-3-7-17(14)18/h2-12H,13H2,1H3,(H2,22,23,26). The summed E-state index contributed by atoms with van der Waals surface area (Å²) in [4.78, 5) is 16.6. The number of carbonyl (C=O) groups is 1. The Balaban J connectivity index is 1.39. The largest absolute Gasteiger partial charge is 0.497 e. The molecule has 0 aliphatic heterocycles. The van der Waals surface area contributed by atoms with E-state index in [1.807, 2.05) is 66.7 Å². The molecule has 0 fully saturated rings. The molecule has 0 saturated heterocycles. The number of nitrogens with one attached hydrogen (secondary N) is 2. The fourth-order valence-electron chi connectivity index (χ4n) is 2.84. The minimum atomic E-state index is -0.347. The Bertz CT molecular complexity index is 1100. The van der Waals surface area contributed by atoms with Crippen molar-refractivity contribution in [1.29, 1.82) is 0 Å². The number of urea groups is 1. The molecule has 140 valence electrons. The molecule has 3 aromatic carbocycles. The monoisotopic (exact) mass is 374 g/mol. The van der Waals surface area contributed by atoms with E-state index in [1.165, 1.54) is 0 Å². The molecular weight excluding hydrogens is 356 g/mol. The first kappa shape index (κ1) is 17.5. The van der Waals surface area contributed by atoms with Crippen LogP contribution in [0.3, 0.4) is 0 Å². The number of carbonyl (C=O) groups excluding carboxylic acids is 1. The lowest BCUT2D eigenvalue weighted by Crippen LogP contribution is -2.28. The Morgan fingerprint density at radius 3 is 2.64 bits per heavy atom. The molecule has 0 atom stereocenters. The molecule has 0 saturated carbocycles. The van der Waals surface area contributed by atoms with Crippen molar-refractivity contribution in [2.45, 2.75) is 6.54 Å². The van der Waals surface area contributed by atoms with E-state index in [4.69, 9.17) is 9.26 Å². The van der Waals surface area contributed by atoms with Crippen molar-refractivity contribution in [3.8, 4) is 17.1 Å². The number of rotatable bonds is 5. The second-order valence-corrected chi connectivity index (χ2v) is 6.07. The van der Waals surface area contributed by atoms with Crippen LogP contribution >= 0.6 is 0 Å². The number of amides is 2. The van der Waals surface area contributed by atoms with Gasteiger partial charge in [0.05, 0.1) is 19.3 Å². The lowest BCUT2D eigenvalue weighted by molar-refractivity contribution is 0.249. The Morgan fingerprint density at radius 1 is 1.04 bits per heavy atom. The number of ether oxygens (including phenoxy) is 1. The molecule has 0 bridgehead atoms. The molecule has 2 N–H and O–H groups in total. The molecule has 0 aliphatic rings. The average Bonchev–Trinajstić information content (AvgIpc) is 3.22. The Hall–Kier alpha value is -3.87. The minimum absolute atomic E-state index is 0.125. The highest BCUT2D eigenvalue weighted by Crippen LogP contribution is 2.23. The normalized spacial score (nSPS) is 10.6. The van der Waals surface area contributed by atoms with Crippen molar-refractivity contribution in [3.63, 3.8) is 0 Å². The van der Waals surface area contributed by atoms with Crippen LogP contribution in [0.5, 0.6) is 5.75 Å². The van der Waals surface area contributed by atoms with Gasteiger partial charge < -0.3 is 19.9 Å². The van der Waals surface area contributed by atoms with E-state index in [2.05, 4.69) is 20.8 Å². The van der Waals surface area contributed by atoms with Gasteiger partial charge in [0.25, 0.3) is 0 Å². The van der Waals surface area contributed by atoms with E-state index in [9.17, 15) is 4.79 Å². The van der Waals surface area contributed by atoms with Crippen LogP contribution in [-0.2, 0) is 6.54 Å². The van der Waals surface area contributed by atoms with Gasteiger partial charge in [0.2, 0.25) is 11.7 Å². The van der Waals surface area contributed by atoms with Gasteiger partial charge in [0.15, 0.2) is 0 Å². The van der Waals surface area contributed by atoms with Crippen LogP contribution < -0.4 is 15.4 Å². The lowest BCUT2D eigenvalue weighted by Gasteiger charge is -2.09. The van der Waals surface area contributed by atoms with Gasteiger partial charge in [0, 0.05) is 10.9 Å². The molecule has 0 radical (unpaired) electrons. The quantitative estimate of drug-likeness (QED) is 0.546. The summed E-state index contributed by atoms with van der Waals surface area (Å²) >= 11 is 0. The molecule has 4 aromatic rings. The first-order valence-electron chi connectivity index (χ1n) is 8.72. The summed E-state index contributed by atoms with van der Waals surface area (Å²) < 4.78 is 10.3. The Morgan fingerprint density at radius 2 is 1.82 bits per heavy atom. The minimum Gasteiger partial charge on any atom is -0.497 e. The predicted octanol–water partition coefficient (Wildman–Crippen LogP) is 4.22. The third-order valence-electron chi connectivity index (χ3n) is 4.25. The highest BCUT2D eigenvalue weighted by Gasteiger charge is 2.11. The zero-order valence-corrected chi connectivity index (χ0v) is 15.2. The number of benzene rings is 3. The van der Waals surface area contributed by atoms with E-state index in [0.717, 1.165) is 27.8 Å². The van der Waals surface area contributed by atoms with E-state index in [0.29, 0.717) is 11.7 Å². The number of methoxy groups -OCH3 is 1. The van der Waals surface area contributed by atoms with Crippen LogP contribution in [0, 0.1) is 0 Å². The van der Waals surface area contributed by atoms with Gasteiger partial charge in [0.1, 0.15) is 5.75 Å². The van der Waals surface area contributed by atoms with Gasteiger partial charge >= 0.3 is 6.03 Å². The van der Waals surface area contributed by atoms with Crippen LogP contribution in [0.1, 0.15) is 5.89 Å². The zero-order valence-electron chi connectivity index (χ0n) is 15.2. The molecule has 7 heteroatoms. The van der Waals surface area contributed by atoms with Crippen LogP contribution in [0.2, 0.25) is 0 Å². The Kier molecular flexibility index (Phi) is 4.88. The van der Waals surface area contributed by atoms with Gasteiger partial charge in [-0.25, -0.2) is 4.79 Å². The van der Waals surface area contributed by atoms with Crippen molar-refractivity contribution < 1.29 is 14.1 Å². The van der Waals surface area contributed by atoms with Crippen molar-refractivity contribution in [1.82, 2.24) is 15.5 Å². The second kappa shape index (κ2) is 7.79. The van der Waals surface area contributed by atoms with Crippen LogP contribution in [0.4, 0.5) is 10.5 Å². The highest BCUT2D eigenvalue weighted by molar-refractivity contribution is 6.01. The summed E-state index contributed by atoms with van der Waals surface area (Å²) in [6, 6.07) is 20.6. The summed E-state index contributed by atoms with van der Waals surface area (Å²) in [7, 11) is 1.61. The molecule has 2 amide bonds. The van der Waals surface area contributed by atoms with E-state index < -0.39 is 0 Å². The number of hydrogen-bond acceptors (Lipinski definition) is 5. The second-order valence-electron chi connectivity index (χ2n) is 6.07. The molecule has 4 rings (SSSR count). The average molecular weight is 374 g/mol. The van der Waals surface area contributed by atoms with Gasteiger partial charge in [-0.05, 0) is 35.7 Å².